The van der Waals surface area contributed by atoms with Gasteiger partial charge in [0.2, 0.25) is 0 Å². The van der Waals surface area contributed by atoms with Crippen molar-refractivity contribution in [3.8, 4) is 11.5 Å². The van der Waals surface area contributed by atoms with Crippen molar-refractivity contribution in [3.63, 3.8) is 0 Å². The second kappa shape index (κ2) is 7.92. The molecule has 2 aromatic carbocycles. The van der Waals surface area contributed by atoms with Crippen LogP contribution in [-0.4, -0.2) is 25.1 Å². The molecule has 0 saturated heterocycles. The average molecular weight is 412 g/mol. The summed E-state index contributed by atoms with van der Waals surface area (Å²) in [6.45, 7) is 0.146. The lowest BCUT2D eigenvalue weighted by Crippen LogP contribution is -2.30. The van der Waals surface area contributed by atoms with Crippen LogP contribution in [0, 0.1) is 5.82 Å². The van der Waals surface area contributed by atoms with E-state index in [1.165, 1.54) is 42.8 Å². The number of ether oxygens (including phenoxy) is 2. The van der Waals surface area contributed by atoms with Crippen LogP contribution >= 0.6 is 11.3 Å². The number of hydrogen-bond donors (Lipinski definition) is 0. The highest BCUT2D eigenvalue weighted by Gasteiger charge is 2.24. The molecule has 0 bridgehead atoms. The van der Waals surface area contributed by atoms with Crippen molar-refractivity contribution >= 4 is 32.6 Å². The molecule has 0 aliphatic heterocycles. The van der Waals surface area contributed by atoms with E-state index in [2.05, 4.69) is 4.98 Å². The maximum absolute atomic E-state index is 14.2. The van der Waals surface area contributed by atoms with Crippen LogP contribution in [0.25, 0.3) is 10.2 Å². The molecule has 0 radical (unpaired) electrons. The summed E-state index contributed by atoms with van der Waals surface area (Å²) >= 11 is 1.23. The van der Waals surface area contributed by atoms with Crippen LogP contribution in [0.5, 0.6) is 11.5 Å². The first-order chi connectivity index (χ1) is 14.1. The van der Waals surface area contributed by atoms with Gasteiger partial charge in [-0.15, -0.1) is 0 Å². The summed E-state index contributed by atoms with van der Waals surface area (Å²) in [6.07, 6.45) is 1.53. The highest BCUT2D eigenvalue weighted by atomic mass is 32.1. The number of carbonyl (C=O) groups excluding carboxylic acids is 1. The van der Waals surface area contributed by atoms with Gasteiger partial charge in [-0.3, -0.25) is 9.69 Å². The van der Waals surface area contributed by atoms with Gasteiger partial charge >= 0.3 is 0 Å². The molecule has 4 rings (SSSR count). The monoisotopic (exact) mass is 412 g/mol. The third kappa shape index (κ3) is 3.79. The SMILES string of the molecule is COc1cc(OC)cc(C(=O)N(Cc2ccco2)c2nc3c(F)cccc3s2)c1. The van der Waals surface area contributed by atoms with Crippen molar-refractivity contribution in [3.05, 3.63) is 71.9 Å². The molecule has 0 unspecified atom stereocenters. The summed E-state index contributed by atoms with van der Waals surface area (Å²) in [6, 6.07) is 13.2. The van der Waals surface area contributed by atoms with Gasteiger partial charge in [-0.2, -0.15) is 0 Å². The van der Waals surface area contributed by atoms with E-state index >= 15 is 0 Å². The van der Waals surface area contributed by atoms with Gasteiger partial charge in [-0.25, -0.2) is 9.37 Å². The summed E-state index contributed by atoms with van der Waals surface area (Å²) in [4.78, 5) is 19.2. The number of anilines is 1. The molecule has 2 aromatic heterocycles. The van der Waals surface area contributed by atoms with Crippen LogP contribution in [0.4, 0.5) is 9.52 Å². The minimum absolute atomic E-state index is 0.146. The summed E-state index contributed by atoms with van der Waals surface area (Å²) in [5.41, 5.74) is 0.584. The van der Waals surface area contributed by atoms with Crippen LogP contribution in [-0.2, 0) is 6.54 Å². The van der Waals surface area contributed by atoms with Crippen molar-refractivity contribution in [1.82, 2.24) is 4.98 Å². The fourth-order valence-electron chi connectivity index (χ4n) is 2.89. The van der Waals surface area contributed by atoms with E-state index in [0.29, 0.717) is 32.7 Å². The molecule has 148 valence electrons. The highest BCUT2D eigenvalue weighted by Crippen LogP contribution is 2.33. The number of carbonyl (C=O) groups is 1. The van der Waals surface area contributed by atoms with Gasteiger partial charge in [0.15, 0.2) is 5.13 Å². The Morgan fingerprint density at radius 2 is 1.90 bits per heavy atom. The van der Waals surface area contributed by atoms with Crippen LogP contribution < -0.4 is 14.4 Å². The molecule has 0 aliphatic carbocycles. The number of benzene rings is 2. The third-order valence-electron chi connectivity index (χ3n) is 4.33. The molecule has 4 aromatic rings. The molecular weight excluding hydrogens is 395 g/mol. The number of aromatic nitrogens is 1. The molecule has 0 spiro atoms. The Morgan fingerprint density at radius 3 is 2.52 bits per heavy atom. The smallest absolute Gasteiger partial charge is 0.260 e. The second-order valence-corrected chi connectivity index (χ2v) is 7.16. The van der Waals surface area contributed by atoms with Gasteiger partial charge in [0.25, 0.3) is 5.91 Å². The van der Waals surface area contributed by atoms with Crippen molar-refractivity contribution in [2.45, 2.75) is 6.54 Å². The Kier molecular flexibility index (Phi) is 5.18. The van der Waals surface area contributed by atoms with Crippen LogP contribution in [0.3, 0.4) is 0 Å². The Balaban J connectivity index is 1.79. The predicted octanol–water partition coefficient (Wildman–Crippen LogP) is 4.89. The van der Waals surface area contributed by atoms with Crippen molar-refractivity contribution in [2.75, 3.05) is 19.1 Å². The van der Waals surface area contributed by atoms with Crippen molar-refractivity contribution in [1.29, 1.82) is 0 Å². The van der Waals surface area contributed by atoms with E-state index in [1.807, 2.05) is 0 Å². The number of nitrogens with zero attached hydrogens (tertiary/aromatic N) is 2. The minimum Gasteiger partial charge on any atom is -0.497 e. The van der Waals surface area contributed by atoms with Crippen LogP contribution in [0.1, 0.15) is 16.1 Å². The molecule has 2 heterocycles. The van der Waals surface area contributed by atoms with Gasteiger partial charge in [0, 0.05) is 11.6 Å². The Labute approximate surface area is 170 Å². The Morgan fingerprint density at radius 1 is 1.14 bits per heavy atom. The van der Waals surface area contributed by atoms with Crippen molar-refractivity contribution in [2.24, 2.45) is 0 Å². The zero-order chi connectivity index (χ0) is 20.4. The topological polar surface area (TPSA) is 64.8 Å². The number of halogens is 1. The normalized spacial score (nSPS) is 10.9. The molecule has 0 saturated carbocycles. The predicted molar refractivity (Wildman–Crippen MR) is 108 cm³/mol. The van der Waals surface area contributed by atoms with E-state index in [0.717, 1.165) is 0 Å². The fourth-order valence-corrected chi connectivity index (χ4v) is 3.87. The van der Waals surface area contributed by atoms with E-state index in [4.69, 9.17) is 13.9 Å². The lowest BCUT2D eigenvalue weighted by molar-refractivity contribution is 0.0982. The lowest BCUT2D eigenvalue weighted by atomic mass is 10.1. The fraction of sp³-hybridized carbons (Fsp3) is 0.143. The Bertz CT molecular complexity index is 1130. The van der Waals surface area contributed by atoms with E-state index in [-0.39, 0.29) is 18.0 Å². The number of amides is 1. The second-order valence-electron chi connectivity index (χ2n) is 6.16. The van der Waals surface area contributed by atoms with Gasteiger partial charge in [-0.05, 0) is 36.4 Å². The molecule has 1 amide bonds. The van der Waals surface area contributed by atoms with Gasteiger partial charge in [-0.1, -0.05) is 17.4 Å². The molecule has 0 atom stereocenters. The molecule has 0 N–H and O–H groups in total. The van der Waals surface area contributed by atoms with Gasteiger partial charge in [0.1, 0.15) is 28.6 Å². The molecule has 29 heavy (non-hydrogen) atoms. The first-order valence-corrected chi connectivity index (χ1v) is 9.53. The van der Waals surface area contributed by atoms with Crippen molar-refractivity contribution < 1.29 is 23.1 Å². The molecular formula is C21H17FN2O4S. The number of hydrogen-bond acceptors (Lipinski definition) is 6. The van der Waals surface area contributed by atoms with Gasteiger partial charge in [0.05, 0.1) is 31.7 Å². The van der Waals surface area contributed by atoms with E-state index in [1.54, 1.807) is 42.5 Å². The lowest BCUT2D eigenvalue weighted by Gasteiger charge is -2.19. The summed E-state index contributed by atoms with van der Waals surface area (Å²) in [7, 11) is 3.03. The Hall–Kier alpha value is -3.39. The van der Waals surface area contributed by atoms with E-state index < -0.39 is 5.82 Å². The molecule has 6 nitrogen and oxygen atoms in total. The first kappa shape index (κ1) is 18.9. The largest absolute Gasteiger partial charge is 0.497 e. The summed E-state index contributed by atoms with van der Waals surface area (Å²) < 4.78 is 30.8. The zero-order valence-corrected chi connectivity index (χ0v) is 16.5. The third-order valence-corrected chi connectivity index (χ3v) is 5.37. The number of furan rings is 1. The minimum atomic E-state index is -0.432. The molecule has 0 aliphatic rings. The first-order valence-electron chi connectivity index (χ1n) is 8.71. The average Bonchev–Trinajstić information content (AvgIpc) is 3.41. The zero-order valence-electron chi connectivity index (χ0n) is 15.7. The quantitative estimate of drug-likeness (QED) is 0.451. The summed E-state index contributed by atoms with van der Waals surface area (Å²) in [5, 5.41) is 0.369. The molecule has 0 fully saturated rings. The van der Waals surface area contributed by atoms with Crippen LogP contribution in [0.15, 0.2) is 59.2 Å². The maximum atomic E-state index is 14.2. The standard InChI is InChI=1S/C21H17FN2O4S/c1-26-15-9-13(10-16(11-15)27-2)20(25)24(12-14-5-4-8-28-14)21-23-19-17(22)6-3-7-18(19)29-21/h3-11H,12H2,1-2H3. The van der Waals surface area contributed by atoms with Gasteiger partial charge < -0.3 is 13.9 Å². The summed E-state index contributed by atoms with van der Waals surface area (Å²) in [5.74, 6) is 0.784. The number of methoxy groups -OCH3 is 2. The highest BCUT2D eigenvalue weighted by molar-refractivity contribution is 7.22. The number of thiazole rings is 1. The van der Waals surface area contributed by atoms with Crippen LogP contribution in [0.2, 0.25) is 0 Å². The number of rotatable bonds is 6. The van der Waals surface area contributed by atoms with E-state index in [9.17, 15) is 9.18 Å². The number of fused-ring (bicyclic) bond motifs is 1. The maximum Gasteiger partial charge on any atom is 0.260 e. The molecule has 8 heteroatoms. The number of para-hydroxylation sites is 1.